The van der Waals surface area contributed by atoms with E-state index < -0.39 is 11.7 Å². The number of ether oxygens (including phenoxy) is 1. The van der Waals surface area contributed by atoms with Crippen LogP contribution in [0.25, 0.3) is 0 Å². The fourth-order valence-electron chi connectivity index (χ4n) is 3.05. The number of alkyl halides is 3. The smallest absolute Gasteiger partial charge is 0.378 e. The number of anilines is 1. The van der Waals surface area contributed by atoms with Crippen LogP contribution in [-0.2, 0) is 15.7 Å². The van der Waals surface area contributed by atoms with Crippen molar-refractivity contribution in [2.45, 2.75) is 31.5 Å². The molecule has 1 aromatic heterocycles. The van der Waals surface area contributed by atoms with E-state index in [-0.39, 0.29) is 12.0 Å². The van der Waals surface area contributed by atoms with Gasteiger partial charge in [0.05, 0.1) is 18.1 Å². The third-order valence-electron chi connectivity index (χ3n) is 4.46. The zero-order chi connectivity index (χ0) is 17.2. The molecule has 0 radical (unpaired) electrons. The first-order valence-corrected chi connectivity index (χ1v) is 8.11. The minimum absolute atomic E-state index is 0.0344. The van der Waals surface area contributed by atoms with Gasteiger partial charge in [-0.05, 0) is 25.0 Å². The average molecular weight is 343 g/mol. The van der Waals surface area contributed by atoms with Gasteiger partial charge in [-0.3, -0.25) is 4.79 Å². The van der Waals surface area contributed by atoms with Crippen molar-refractivity contribution in [3.8, 4) is 0 Å². The van der Waals surface area contributed by atoms with Crippen molar-refractivity contribution in [1.82, 2.24) is 9.88 Å². The molecule has 3 rings (SSSR count). The molecule has 8 heteroatoms. The maximum atomic E-state index is 12.6. The molecule has 0 aromatic carbocycles. The number of nitrogens with zero attached hydrogens (tertiary/aromatic N) is 3. The SMILES string of the molecule is O=C(C[C@@H]1CCCO1)N1CCN(c2ccc(C(F)(F)F)cn2)CC1. The molecule has 3 heterocycles. The molecule has 0 unspecified atom stereocenters. The van der Waals surface area contributed by atoms with Crippen LogP contribution in [0.1, 0.15) is 24.8 Å². The maximum absolute atomic E-state index is 12.6. The predicted octanol–water partition coefficient (Wildman–Crippen LogP) is 2.32. The zero-order valence-corrected chi connectivity index (χ0v) is 13.3. The fourth-order valence-corrected chi connectivity index (χ4v) is 3.05. The number of carbonyl (C=O) groups is 1. The molecule has 0 aliphatic carbocycles. The molecule has 1 amide bonds. The number of aromatic nitrogens is 1. The molecule has 0 spiro atoms. The van der Waals surface area contributed by atoms with E-state index >= 15 is 0 Å². The Morgan fingerprint density at radius 3 is 2.54 bits per heavy atom. The lowest BCUT2D eigenvalue weighted by molar-refractivity contribution is -0.138. The van der Waals surface area contributed by atoms with Crippen LogP contribution in [0, 0.1) is 0 Å². The molecule has 2 fully saturated rings. The lowest BCUT2D eigenvalue weighted by Crippen LogP contribution is -2.49. The molecule has 0 N–H and O–H groups in total. The Labute approximate surface area is 138 Å². The van der Waals surface area contributed by atoms with Crippen LogP contribution in [0.5, 0.6) is 0 Å². The van der Waals surface area contributed by atoms with Gasteiger partial charge in [-0.2, -0.15) is 13.2 Å². The molecule has 24 heavy (non-hydrogen) atoms. The highest BCUT2D eigenvalue weighted by atomic mass is 19.4. The van der Waals surface area contributed by atoms with Crippen molar-refractivity contribution >= 4 is 11.7 Å². The normalized spacial score (nSPS) is 22.0. The first kappa shape index (κ1) is 17.0. The van der Waals surface area contributed by atoms with Gasteiger partial charge in [-0.1, -0.05) is 0 Å². The summed E-state index contributed by atoms with van der Waals surface area (Å²) in [6.45, 7) is 2.96. The van der Waals surface area contributed by atoms with Crippen molar-refractivity contribution in [3.05, 3.63) is 23.9 Å². The summed E-state index contributed by atoms with van der Waals surface area (Å²) in [7, 11) is 0. The standard InChI is InChI=1S/C16H20F3N3O2/c17-16(18,19)12-3-4-14(20-11-12)21-5-7-22(8-6-21)15(23)10-13-2-1-9-24-13/h3-4,11,13H,1-2,5-10H2/t13-/m0/s1. The Morgan fingerprint density at radius 2 is 2.00 bits per heavy atom. The molecule has 1 aromatic rings. The van der Waals surface area contributed by atoms with Gasteiger partial charge in [0.25, 0.3) is 0 Å². The maximum Gasteiger partial charge on any atom is 0.417 e. The largest absolute Gasteiger partial charge is 0.417 e. The molecule has 0 saturated carbocycles. The van der Waals surface area contributed by atoms with Crippen LogP contribution in [0.15, 0.2) is 18.3 Å². The van der Waals surface area contributed by atoms with E-state index in [1.54, 1.807) is 4.90 Å². The first-order valence-electron chi connectivity index (χ1n) is 8.11. The topological polar surface area (TPSA) is 45.7 Å². The molecule has 2 aliphatic rings. The van der Waals surface area contributed by atoms with Gasteiger partial charge < -0.3 is 14.5 Å². The number of amides is 1. The molecule has 5 nitrogen and oxygen atoms in total. The quantitative estimate of drug-likeness (QED) is 0.845. The molecular weight excluding hydrogens is 323 g/mol. The number of rotatable bonds is 3. The Balaban J connectivity index is 1.52. The molecule has 2 aliphatic heterocycles. The van der Waals surface area contributed by atoms with Gasteiger partial charge in [-0.15, -0.1) is 0 Å². The van der Waals surface area contributed by atoms with E-state index in [9.17, 15) is 18.0 Å². The van der Waals surface area contributed by atoms with Crippen LogP contribution in [0.2, 0.25) is 0 Å². The number of piperazine rings is 1. The molecular formula is C16H20F3N3O2. The summed E-state index contributed by atoms with van der Waals surface area (Å²) in [6, 6.07) is 2.42. The minimum Gasteiger partial charge on any atom is -0.378 e. The molecule has 1 atom stereocenters. The number of pyridine rings is 1. The highest BCUT2D eigenvalue weighted by Crippen LogP contribution is 2.29. The third-order valence-corrected chi connectivity index (χ3v) is 4.46. The van der Waals surface area contributed by atoms with E-state index in [2.05, 4.69) is 4.98 Å². The van der Waals surface area contributed by atoms with Crippen LogP contribution >= 0.6 is 0 Å². The van der Waals surface area contributed by atoms with E-state index in [0.717, 1.165) is 31.7 Å². The molecule has 132 valence electrons. The summed E-state index contributed by atoms with van der Waals surface area (Å²) >= 11 is 0. The van der Waals surface area contributed by atoms with Gasteiger partial charge in [0.1, 0.15) is 5.82 Å². The second-order valence-corrected chi connectivity index (χ2v) is 6.11. The van der Waals surface area contributed by atoms with Crippen molar-refractivity contribution in [1.29, 1.82) is 0 Å². The monoisotopic (exact) mass is 343 g/mol. The second kappa shape index (κ2) is 6.96. The Morgan fingerprint density at radius 1 is 1.25 bits per heavy atom. The summed E-state index contributed by atoms with van der Waals surface area (Å²) in [5, 5.41) is 0. The Bertz CT molecular complexity index is 563. The highest BCUT2D eigenvalue weighted by Gasteiger charge is 2.31. The number of hydrogen-bond acceptors (Lipinski definition) is 4. The zero-order valence-electron chi connectivity index (χ0n) is 13.3. The summed E-state index contributed by atoms with van der Waals surface area (Å²) in [5.74, 6) is 0.594. The van der Waals surface area contributed by atoms with E-state index in [4.69, 9.17) is 4.74 Å². The first-order chi connectivity index (χ1) is 11.4. The fraction of sp³-hybridized carbons (Fsp3) is 0.625. The van der Waals surface area contributed by atoms with Crippen LogP contribution in [0.3, 0.4) is 0 Å². The van der Waals surface area contributed by atoms with E-state index in [0.29, 0.717) is 38.4 Å². The van der Waals surface area contributed by atoms with Crippen molar-refractivity contribution in [2.24, 2.45) is 0 Å². The van der Waals surface area contributed by atoms with E-state index in [1.807, 2.05) is 4.90 Å². The highest BCUT2D eigenvalue weighted by molar-refractivity contribution is 5.77. The van der Waals surface area contributed by atoms with Gasteiger partial charge in [0.15, 0.2) is 0 Å². The number of carbonyl (C=O) groups excluding carboxylic acids is 1. The lowest BCUT2D eigenvalue weighted by Gasteiger charge is -2.35. The Hall–Kier alpha value is -1.83. The number of hydrogen-bond donors (Lipinski definition) is 0. The summed E-state index contributed by atoms with van der Waals surface area (Å²) < 4.78 is 43.2. The minimum atomic E-state index is -4.38. The van der Waals surface area contributed by atoms with Crippen LogP contribution < -0.4 is 4.90 Å². The summed E-state index contributed by atoms with van der Waals surface area (Å²) in [4.78, 5) is 19.8. The molecule has 0 bridgehead atoms. The van der Waals surface area contributed by atoms with E-state index in [1.165, 1.54) is 6.07 Å². The molecule has 2 saturated heterocycles. The van der Waals surface area contributed by atoms with Crippen molar-refractivity contribution < 1.29 is 22.7 Å². The van der Waals surface area contributed by atoms with Gasteiger partial charge in [0, 0.05) is 39.0 Å². The van der Waals surface area contributed by atoms with Crippen LogP contribution in [0.4, 0.5) is 19.0 Å². The second-order valence-electron chi connectivity index (χ2n) is 6.11. The predicted molar refractivity (Wildman–Crippen MR) is 81.6 cm³/mol. The number of halogens is 3. The Kier molecular flexibility index (Phi) is 4.93. The van der Waals surface area contributed by atoms with Crippen molar-refractivity contribution in [3.63, 3.8) is 0 Å². The van der Waals surface area contributed by atoms with Gasteiger partial charge >= 0.3 is 6.18 Å². The van der Waals surface area contributed by atoms with Crippen LogP contribution in [-0.4, -0.2) is 54.7 Å². The lowest BCUT2D eigenvalue weighted by atomic mass is 10.1. The summed E-state index contributed by atoms with van der Waals surface area (Å²) in [6.07, 6.45) is -1.14. The summed E-state index contributed by atoms with van der Waals surface area (Å²) in [5.41, 5.74) is -0.753. The van der Waals surface area contributed by atoms with Gasteiger partial charge in [-0.25, -0.2) is 4.98 Å². The average Bonchev–Trinajstić information content (AvgIpc) is 3.07. The van der Waals surface area contributed by atoms with Gasteiger partial charge in [0.2, 0.25) is 5.91 Å². The third kappa shape index (κ3) is 3.98. The van der Waals surface area contributed by atoms with Crippen molar-refractivity contribution in [2.75, 3.05) is 37.7 Å².